The first-order chi connectivity index (χ1) is 15.3. The number of amides is 4. The summed E-state index contributed by atoms with van der Waals surface area (Å²) >= 11 is 0. The van der Waals surface area contributed by atoms with Crippen LogP contribution >= 0.6 is 0 Å². The molecule has 2 N–H and O–H groups in total. The Labute approximate surface area is 185 Å². The van der Waals surface area contributed by atoms with E-state index in [-0.39, 0.29) is 13.1 Å². The fraction of sp³-hybridized carbons (Fsp3) is 0.304. The van der Waals surface area contributed by atoms with Crippen LogP contribution in [0.2, 0.25) is 0 Å². The first kappa shape index (κ1) is 21.4. The number of rotatable bonds is 7. The average molecular weight is 435 g/mol. The van der Waals surface area contributed by atoms with Crippen LogP contribution in [0, 0.1) is 13.8 Å². The minimum absolute atomic E-state index is 0.254. The van der Waals surface area contributed by atoms with Crippen molar-refractivity contribution in [2.45, 2.75) is 39.4 Å². The smallest absolute Gasteiger partial charge is 0.325 e. The number of carbonyl (C=O) groups is 3. The highest BCUT2D eigenvalue weighted by Gasteiger charge is 2.51. The summed E-state index contributed by atoms with van der Waals surface area (Å²) in [6.07, 6.45) is 1.43. The average Bonchev–Trinajstić information content (AvgIpc) is 3.45. The standard InChI is InChI=1S/C23H25N5O4/c1-15-18(16(2)28(26-15)13-17-8-5-4-6-9-17)12-24-20(29)14-27-21(30)23(3,25-22(27)31)19-10-7-11-32-19/h4-11H,12-14H2,1-3H3,(H,24,29)(H,25,31). The van der Waals surface area contributed by atoms with E-state index in [1.54, 1.807) is 19.1 Å². The third-order valence-electron chi connectivity index (χ3n) is 5.76. The molecule has 4 amide bonds. The minimum atomic E-state index is -1.33. The zero-order valence-electron chi connectivity index (χ0n) is 18.2. The number of furan rings is 1. The summed E-state index contributed by atoms with van der Waals surface area (Å²) in [6.45, 7) is 5.91. The zero-order chi connectivity index (χ0) is 22.9. The first-order valence-corrected chi connectivity index (χ1v) is 10.3. The van der Waals surface area contributed by atoms with Crippen LogP contribution in [0.15, 0.2) is 53.1 Å². The molecule has 0 bridgehead atoms. The lowest BCUT2D eigenvalue weighted by Crippen LogP contribution is -2.43. The van der Waals surface area contributed by atoms with Crippen molar-refractivity contribution >= 4 is 17.8 Å². The second-order valence-corrected chi connectivity index (χ2v) is 7.99. The summed E-state index contributed by atoms with van der Waals surface area (Å²) in [5, 5.41) is 9.99. The number of nitrogens with zero attached hydrogens (tertiary/aromatic N) is 3. The van der Waals surface area contributed by atoms with Gasteiger partial charge in [-0.15, -0.1) is 0 Å². The van der Waals surface area contributed by atoms with Gasteiger partial charge in [0, 0.05) is 17.8 Å². The molecule has 1 aliphatic rings. The normalized spacial score (nSPS) is 18.2. The van der Waals surface area contributed by atoms with Gasteiger partial charge in [0.1, 0.15) is 12.3 Å². The van der Waals surface area contributed by atoms with Crippen LogP contribution in [-0.4, -0.2) is 39.1 Å². The summed E-state index contributed by atoms with van der Waals surface area (Å²) < 4.78 is 7.20. The van der Waals surface area contributed by atoms with E-state index in [0.717, 1.165) is 27.4 Å². The quantitative estimate of drug-likeness (QED) is 0.553. The molecule has 0 spiro atoms. The molecule has 2 aromatic heterocycles. The highest BCUT2D eigenvalue weighted by molar-refractivity contribution is 6.08. The molecule has 1 unspecified atom stereocenters. The SMILES string of the molecule is Cc1nn(Cc2ccccc2)c(C)c1CNC(=O)CN1C(=O)NC(C)(c2ccco2)C1=O. The summed E-state index contributed by atoms with van der Waals surface area (Å²) in [6, 6.07) is 12.6. The predicted octanol–water partition coefficient (Wildman–Crippen LogP) is 2.22. The molecule has 1 aliphatic heterocycles. The molecule has 9 heteroatoms. The van der Waals surface area contributed by atoms with Crippen molar-refractivity contribution in [3.05, 3.63) is 77.0 Å². The van der Waals surface area contributed by atoms with Gasteiger partial charge in [0.15, 0.2) is 5.54 Å². The largest absolute Gasteiger partial charge is 0.466 e. The van der Waals surface area contributed by atoms with Gasteiger partial charge in [0.05, 0.1) is 18.5 Å². The molecule has 4 rings (SSSR count). The van der Waals surface area contributed by atoms with Gasteiger partial charge in [-0.05, 0) is 38.5 Å². The molecule has 9 nitrogen and oxygen atoms in total. The van der Waals surface area contributed by atoms with Crippen LogP contribution < -0.4 is 10.6 Å². The summed E-state index contributed by atoms with van der Waals surface area (Å²) in [4.78, 5) is 38.6. The molecule has 1 aromatic carbocycles. The van der Waals surface area contributed by atoms with Gasteiger partial charge in [-0.25, -0.2) is 4.79 Å². The van der Waals surface area contributed by atoms with Crippen molar-refractivity contribution in [2.75, 3.05) is 6.54 Å². The Bertz CT molecular complexity index is 1150. The van der Waals surface area contributed by atoms with Crippen LogP contribution in [-0.2, 0) is 28.2 Å². The second kappa shape index (κ2) is 8.33. The maximum Gasteiger partial charge on any atom is 0.325 e. The Balaban J connectivity index is 1.39. The molecule has 32 heavy (non-hydrogen) atoms. The molecule has 166 valence electrons. The van der Waals surface area contributed by atoms with Gasteiger partial charge >= 0.3 is 6.03 Å². The molecule has 3 aromatic rings. The number of urea groups is 1. The van der Waals surface area contributed by atoms with E-state index in [1.807, 2.05) is 48.9 Å². The molecule has 3 heterocycles. The van der Waals surface area contributed by atoms with E-state index >= 15 is 0 Å². The van der Waals surface area contributed by atoms with Crippen molar-refractivity contribution < 1.29 is 18.8 Å². The fourth-order valence-corrected chi connectivity index (χ4v) is 3.86. The van der Waals surface area contributed by atoms with Crippen molar-refractivity contribution in [1.29, 1.82) is 0 Å². The summed E-state index contributed by atoms with van der Waals surface area (Å²) in [5.41, 5.74) is 2.48. The number of nitrogens with one attached hydrogen (secondary N) is 2. The molecule has 1 saturated heterocycles. The molecule has 0 radical (unpaired) electrons. The van der Waals surface area contributed by atoms with E-state index < -0.39 is 23.4 Å². The van der Waals surface area contributed by atoms with Crippen LogP contribution in [0.3, 0.4) is 0 Å². The van der Waals surface area contributed by atoms with Crippen molar-refractivity contribution in [3.8, 4) is 0 Å². The topological polar surface area (TPSA) is 109 Å². The number of aromatic nitrogens is 2. The maximum absolute atomic E-state index is 12.8. The molecule has 1 atom stereocenters. The van der Waals surface area contributed by atoms with E-state index in [0.29, 0.717) is 12.3 Å². The number of hydrogen-bond donors (Lipinski definition) is 2. The van der Waals surface area contributed by atoms with Gasteiger partial charge in [0.25, 0.3) is 5.91 Å². The highest BCUT2D eigenvalue weighted by Crippen LogP contribution is 2.28. The Kier molecular flexibility index (Phi) is 5.56. The monoisotopic (exact) mass is 435 g/mol. The lowest BCUT2D eigenvalue weighted by atomic mass is 9.99. The Morgan fingerprint density at radius 2 is 1.91 bits per heavy atom. The lowest BCUT2D eigenvalue weighted by molar-refractivity contribution is -0.135. The molecule has 0 saturated carbocycles. The van der Waals surface area contributed by atoms with E-state index in [1.165, 1.54) is 6.26 Å². The van der Waals surface area contributed by atoms with Gasteiger partial charge in [0.2, 0.25) is 5.91 Å². The number of imide groups is 1. The summed E-state index contributed by atoms with van der Waals surface area (Å²) in [5.74, 6) is -0.654. The summed E-state index contributed by atoms with van der Waals surface area (Å²) in [7, 11) is 0. The van der Waals surface area contributed by atoms with Crippen LogP contribution in [0.25, 0.3) is 0 Å². The Morgan fingerprint density at radius 3 is 2.59 bits per heavy atom. The van der Waals surface area contributed by atoms with E-state index in [2.05, 4.69) is 15.7 Å². The molecular formula is C23H25N5O4. The first-order valence-electron chi connectivity index (χ1n) is 10.3. The third kappa shape index (κ3) is 3.89. The van der Waals surface area contributed by atoms with Gasteiger partial charge < -0.3 is 15.1 Å². The van der Waals surface area contributed by atoms with Gasteiger partial charge in [-0.2, -0.15) is 5.10 Å². The lowest BCUT2D eigenvalue weighted by Gasteiger charge is -2.18. The van der Waals surface area contributed by atoms with Crippen LogP contribution in [0.1, 0.15) is 35.2 Å². The van der Waals surface area contributed by atoms with Crippen molar-refractivity contribution in [3.63, 3.8) is 0 Å². The second-order valence-electron chi connectivity index (χ2n) is 7.99. The Morgan fingerprint density at radius 1 is 1.16 bits per heavy atom. The van der Waals surface area contributed by atoms with E-state index in [4.69, 9.17) is 4.42 Å². The number of benzene rings is 1. The third-order valence-corrected chi connectivity index (χ3v) is 5.76. The maximum atomic E-state index is 12.8. The zero-order valence-corrected chi connectivity index (χ0v) is 18.2. The van der Waals surface area contributed by atoms with Crippen LogP contribution in [0.4, 0.5) is 4.79 Å². The van der Waals surface area contributed by atoms with Gasteiger partial charge in [-0.3, -0.25) is 19.2 Å². The Hall–Kier alpha value is -3.88. The van der Waals surface area contributed by atoms with Crippen molar-refractivity contribution in [2.24, 2.45) is 0 Å². The van der Waals surface area contributed by atoms with Crippen molar-refractivity contribution in [1.82, 2.24) is 25.3 Å². The highest BCUT2D eigenvalue weighted by atomic mass is 16.3. The number of hydrogen-bond acceptors (Lipinski definition) is 5. The fourth-order valence-electron chi connectivity index (χ4n) is 3.86. The van der Waals surface area contributed by atoms with E-state index in [9.17, 15) is 14.4 Å². The number of aryl methyl sites for hydroxylation is 1. The molecular weight excluding hydrogens is 410 g/mol. The molecule has 0 aliphatic carbocycles. The number of carbonyl (C=O) groups excluding carboxylic acids is 3. The minimum Gasteiger partial charge on any atom is -0.466 e. The van der Waals surface area contributed by atoms with Crippen LogP contribution in [0.5, 0.6) is 0 Å². The predicted molar refractivity (Wildman–Crippen MR) is 115 cm³/mol. The van der Waals surface area contributed by atoms with Gasteiger partial charge in [-0.1, -0.05) is 30.3 Å². The molecule has 1 fully saturated rings.